The number of hydrogen-bond donors (Lipinski definition) is 0. The molecule has 2 unspecified atom stereocenters. The lowest BCUT2D eigenvalue weighted by Gasteiger charge is -2.20. The van der Waals surface area contributed by atoms with E-state index in [0.29, 0.717) is 0 Å². The van der Waals surface area contributed by atoms with Crippen molar-refractivity contribution in [1.82, 2.24) is 0 Å². The molecule has 1 fully saturated rings. The maximum atomic E-state index is 12.6. The predicted octanol–water partition coefficient (Wildman–Crippen LogP) is 5.05. The fourth-order valence-electron chi connectivity index (χ4n) is 3.54. The summed E-state index contributed by atoms with van der Waals surface area (Å²) >= 11 is 0. The van der Waals surface area contributed by atoms with E-state index in [1.165, 1.54) is 5.57 Å². The van der Waals surface area contributed by atoms with E-state index in [1.807, 2.05) is 12.2 Å². The third-order valence-electron chi connectivity index (χ3n) is 5.11. The fraction of sp³-hybridized carbons (Fsp3) is 0.550. The first-order valence-electron chi connectivity index (χ1n) is 8.07. The van der Waals surface area contributed by atoms with Crippen LogP contribution in [0.2, 0.25) is 0 Å². The molecule has 4 atom stereocenters. The first-order valence-corrected chi connectivity index (χ1v) is 8.07. The zero-order valence-electron chi connectivity index (χ0n) is 14.5. The Kier molecular flexibility index (Phi) is 4.51. The van der Waals surface area contributed by atoms with Gasteiger partial charge >= 0.3 is 5.97 Å². The first kappa shape index (κ1) is 16.8. The highest BCUT2D eigenvalue weighted by Crippen LogP contribution is 2.60. The smallest absolute Gasteiger partial charge is 0.315 e. The molecule has 0 radical (unpaired) electrons. The van der Waals surface area contributed by atoms with Gasteiger partial charge in [-0.3, -0.25) is 4.79 Å². The van der Waals surface area contributed by atoms with Gasteiger partial charge in [0.1, 0.15) is 5.76 Å². The molecule has 120 valence electrons. The van der Waals surface area contributed by atoms with Crippen LogP contribution in [0.15, 0.2) is 48.3 Å². The second kappa shape index (κ2) is 5.91. The molecule has 2 heteroatoms. The van der Waals surface area contributed by atoms with Crippen molar-refractivity contribution >= 4 is 5.97 Å². The van der Waals surface area contributed by atoms with Gasteiger partial charge in [0, 0.05) is 5.92 Å². The lowest BCUT2D eigenvalue weighted by Crippen LogP contribution is -2.17. The number of allylic oxidation sites excluding steroid dienone is 5. The number of carbonyl (C=O) groups is 1. The Hall–Kier alpha value is -1.57. The number of ether oxygens (including phenoxy) is 1. The number of esters is 1. The molecule has 0 aliphatic heterocycles. The molecular weight excluding hydrogens is 272 g/mol. The summed E-state index contributed by atoms with van der Waals surface area (Å²) in [6.07, 6.45) is 6.88. The molecule has 1 saturated carbocycles. The SMILES string of the molecule is C=CC(C)C1C(=C)CC=C1OC(=O)[C@@H]1[C@H](C=C(C)C)C1(C)C. The molecule has 0 saturated heterocycles. The van der Waals surface area contributed by atoms with E-state index < -0.39 is 0 Å². The van der Waals surface area contributed by atoms with Gasteiger partial charge in [-0.25, -0.2) is 0 Å². The highest BCUT2D eigenvalue weighted by Gasteiger charge is 2.61. The van der Waals surface area contributed by atoms with Gasteiger partial charge in [-0.05, 0) is 43.6 Å². The van der Waals surface area contributed by atoms with Crippen LogP contribution in [0.3, 0.4) is 0 Å². The molecule has 0 aromatic rings. The number of carbonyl (C=O) groups excluding carboxylic acids is 1. The van der Waals surface area contributed by atoms with Crippen molar-refractivity contribution < 1.29 is 9.53 Å². The van der Waals surface area contributed by atoms with Gasteiger partial charge in [0.05, 0.1) is 5.92 Å². The van der Waals surface area contributed by atoms with Gasteiger partial charge in [0.15, 0.2) is 0 Å². The molecule has 22 heavy (non-hydrogen) atoms. The Morgan fingerprint density at radius 1 is 1.45 bits per heavy atom. The Morgan fingerprint density at radius 3 is 2.64 bits per heavy atom. The largest absolute Gasteiger partial charge is 0.430 e. The van der Waals surface area contributed by atoms with Crippen molar-refractivity contribution in [1.29, 1.82) is 0 Å². The Morgan fingerprint density at radius 2 is 2.09 bits per heavy atom. The van der Waals surface area contributed by atoms with Gasteiger partial charge in [0.25, 0.3) is 0 Å². The summed E-state index contributed by atoms with van der Waals surface area (Å²) < 4.78 is 5.77. The van der Waals surface area contributed by atoms with Crippen molar-refractivity contribution in [2.75, 3.05) is 0 Å². The minimum atomic E-state index is -0.102. The van der Waals surface area contributed by atoms with E-state index in [1.54, 1.807) is 0 Å². The van der Waals surface area contributed by atoms with Crippen molar-refractivity contribution in [2.45, 2.75) is 41.0 Å². The van der Waals surface area contributed by atoms with Crippen molar-refractivity contribution in [3.05, 3.63) is 48.3 Å². The highest BCUT2D eigenvalue weighted by atomic mass is 16.5. The standard InChI is InChI=1S/C20H28O2/c1-8-13(4)17-14(5)9-10-16(17)22-19(21)18-15(11-12(2)3)20(18,6)7/h8,10-11,13,15,17-18H,1,5,9H2,2-4,6-7H3/t13?,15-,17?,18-/m0/s1. The summed E-state index contributed by atoms with van der Waals surface area (Å²) in [7, 11) is 0. The van der Waals surface area contributed by atoms with Crippen LogP contribution >= 0.6 is 0 Å². The van der Waals surface area contributed by atoms with Crippen LogP contribution in [0.5, 0.6) is 0 Å². The summed E-state index contributed by atoms with van der Waals surface area (Å²) in [6.45, 7) is 18.5. The van der Waals surface area contributed by atoms with E-state index in [2.05, 4.69) is 53.9 Å². The fourth-order valence-corrected chi connectivity index (χ4v) is 3.54. The van der Waals surface area contributed by atoms with Gasteiger partial charge in [-0.2, -0.15) is 0 Å². The molecule has 0 aromatic heterocycles. The molecular formula is C20H28O2. The third-order valence-corrected chi connectivity index (χ3v) is 5.11. The summed E-state index contributed by atoms with van der Waals surface area (Å²) in [5.41, 5.74) is 2.34. The Balaban J connectivity index is 2.08. The van der Waals surface area contributed by atoms with Crippen LogP contribution in [0.25, 0.3) is 0 Å². The van der Waals surface area contributed by atoms with Crippen molar-refractivity contribution in [2.24, 2.45) is 29.1 Å². The highest BCUT2D eigenvalue weighted by molar-refractivity contribution is 5.79. The Bertz CT molecular complexity index is 558. The molecule has 0 N–H and O–H groups in total. The van der Waals surface area contributed by atoms with Crippen LogP contribution < -0.4 is 0 Å². The lowest BCUT2D eigenvalue weighted by atomic mass is 9.89. The van der Waals surface area contributed by atoms with Gasteiger partial charge in [-0.1, -0.05) is 50.6 Å². The van der Waals surface area contributed by atoms with Crippen LogP contribution in [0.4, 0.5) is 0 Å². The maximum absolute atomic E-state index is 12.6. The summed E-state index contributed by atoms with van der Waals surface area (Å²) in [5.74, 6) is 1.22. The maximum Gasteiger partial charge on any atom is 0.315 e. The van der Waals surface area contributed by atoms with E-state index in [0.717, 1.165) is 17.8 Å². The molecule has 0 spiro atoms. The molecule has 2 aliphatic rings. The monoisotopic (exact) mass is 300 g/mol. The normalized spacial score (nSPS) is 30.3. The minimum Gasteiger partial charge on any atom is -0.430 e. The summed E-state index contributed by atoms with van der Waals surface area (Å²) in [6, 6.07) is 0. The summed E-state index contributed by atoms with van der Waals surface area (Å²) in [5, 5.41) is 0. The molecule has 2 rings (SSSR count). The average Bonchev–Trinajstić information content (AvgIpc) is 2.76. The minimum absolute atomic E-state index is 0.00985. The van der Waals surface area contributed by atoms with Gasteiger partial charge in [-0.15, -0.1) is 6.58 Å². The molecule has 0 amide bonds. The lowest BCUT2D eigenvalue weighted by molar-refractivity contribution is -0.142. The Labute approximate surface area is 134 Å². The van der Waals surface area contributed by atoms with Crippen molar-refractivity contribution in [3.8, 4) is 0 Å². The summed E-state index contributed by atoms with van der Waals surface area (Å²) in [4.78, 5) is 12.6. The number of hydrogen-bond acceptors (Lipinski definition) is 2. The van der Waals surface area contributed by atoms with Crippen LogP contribution in [0.1, 0.15) is 41.0 Å². The quantitative estimate of drug-likeness (QED) is 0.524. The van der Waals surface area contributed by atoms with Gasteiger partial charge in [0.2, 0.25) is 0 Å². The van der Waals surface area contributed by atoms with Crippen LogP contribution in [-0.2, 0) is 9.53 Å². The zero-order chi connectivity index (χ0) is 16.7. The van der Waals surface area contributed by atoms with Crippen LogP contribution in [-0.4, -0.2) is 5.97 Å². The topological polar surface area (TPSA) is 26.3 Å². The van der Waals surface area contributed by atoms with Crippen LogP contribution in [0, 0.1) is 29.1 Å². The van der Waals surface area contributed by atoms with E-state index in [-0.39, 0.29) is 35.1 Å². The van der Waals surface area contributed by atoms with E-state index in [4.69, 9.17) is 4.74 Å². The molecule has 0 heterocycles. The second-order valence-electron chi connectivity index (χ2n) is 7.53. The molecule has 2 aliphatic carbocycles. The van der Waals surface area contributed by atoms with Gasteiger partial charge < -0.3 is 4.74 Å². The van der Waals surface area contributed by atoms with Crippen molar-refractivity contribution in [3.63, 3.8) is 0 Å². The molecule has 0 aromatic carbocycles. The number of rotatable bonds is 5. The average molecular weight is 300 g/mol. The van der Waals surface area contributed by atoms with E-state index in [9.17, 15) is 4.79 Å². The predicted molar refractivity (Wildman–Crippen MR) is 91.0 cm³/mol. The molecule has 0 bridgehead atoms. The first-order chi connectivity index (χ1) is 10.2. The zero-order valence-corrected chi connectivity index (χ0v) is 14.5. The van der Waals surface area contributed by atoms with E-state index >= 15 is 0 Å². The second-order valence-corrected chi connectivity index (χ2v) is 7.53. The molecule has 2 nitrogen and oxygen atoms in total. The third kappa shape index (κ3) is 2.97.